The van der Waals surface area contributed by atoms with Crippen LogP contribution in [0.2, 0.25) is 0 Å². The summed E-state index contributed by atoms with van der Waals surface area (Å²) < 4.78 is 0. The molecule has 0 spiro atoms. The minimum atomic E-state index is -0.0754. The highest BCUT2D eigenvalue weighted by molar-refractivity contribution is 6.00. The summed E-state index contributed by atoms with van der Waals surface area (Å²) >= 11 is 0. The summed E-state index contributed by atoms with van der Waals surface area (Å²) in [6, 6.07) is 12.4. The minimum absolute atomic E-state index is 0.0285. The molecule has 0 aliphatic carbocycles. The van der Waals surface area contributed by atoms with E-state index in [9.17, 15) is 14.4 Å². The van der Waals surface area contributed by atoms with Gasteiger partial charge in [0.25, 0.3) is 0 Å². The van der Waals surface area contributed by atoms with Gasteiger partial charge >= 0.3 is 0 Å². The summed E-state index contributed by atoms with van der Waals surface area (Å²) in [5, 5.41) is 0. The number of rotatable bonds is 5. The Labute approximate surface area is 135 Å². The molecule has 0 saturated carbocycles. The maximum absolute atomic E-state index is 11.6. The lowest BCUT2D eigenvalue weighted by atomic mass is 10.0. The smallest absolute Gasteiger partial charge is 0.159 e. The standard InChI is InChI=1S/C20H18O3/c1-13(21)18-8-6-16(7-9-18)4-5-17-10-19(14(2)22)12-20(11-17)15(3)23/h4-12H,1-3H3/b5-4+. The van der Waals surface area contributed by atoms with E-state index in [1.54, 1.807) is 30.3 Å². The Morgan fingerprint density at radius 2 is 1.04 bits per heavy atom. The largest absolute Gasteiger partial charge is 0.295 e. The number of Topliss-reactive ketones (excluding diaryl/α,β-unsaturated/α-hetero) is 3. The van der Waals surface area contributed by atoms with E-state index in [1.165, 1.54) is 20.8 Å². The predicted octanol–water partition coefficient (Wildman–Crippen LogP) is 4.46. The number of hydrogen-bond donors (Lipinski definition) is 0. The van der Waals surface area contributed by atoms with Crippen molar-refractivity contribution in [1.82, 2.24) is 0 Å². The van der Waals surface area contributed by atoms with Gasteiger partial charge in [0.15, 0.2) is 17.3 Å². The quantitative estimate of drug-likeness (QED) is 0.605. The van der Waals surface area contributed by atoms with Gasteiger partial charge in [-0.2, -0.15) is 0 Å². The lowest BCUT2D eigenvalue weighted by Gasteiger charge is -2.03. The second kappa shape index (κ2) is 6.97. The zero-order chi connectivity index (χ0) is 17.0. The van der Waals surface area contributed by atoms with Crippen LogP contribution in [0.1, 0.15) is 63.0 Å². The summed E-state index contributed by atoms with van der Waals surface area (Å²) in [7, 11) is 0. The van der Waals surface area contributed by atoms with E-state index in [-0.39, 0.29) is 17.3 Å². The van der Waals surface area contributed by atoms with Gasteiger partial charge in [-0.3, -0.25) is 14.4 Å². The van der Waals surface area contributed by atoms with E-state index in [4.69, 9.17) is 0 Å². The van der Waals surface area contributed by atoms with Gasteiger partial charge in [0.1, 0.15) is 0 Å². The number of ketones is 3. The Bertz CT molecular complexity index is 764. The third kappa shape index (κ3) is 4.33. The van der Waals surface area contributed by atoms with E-state index in [0.717, 1.165) is 11.1 Å². The van der Waals surface area contributed by atoms with Crippen LogP contribution in [0.4, 0.5) is 0 Å². The van der Waals surface area contributed by atoms with Gasteiger partial charge in [-0.1, -0.05) is 36.4 Å². The van der Waals surface area contributed by atoms with Crippen molar-refractivity contribution < 1.29 is 14.4 Å². The molecule has 0 unspecified atom stereocenters. The fourth-order valence-corrected chi connectivity index (χ4v) is 2.18. The first kappa shape index (κ1) is 16.6. The lowest BCUT2D eigenvalue weighted by molar-refractivity contribution is 0.100. The molecule has 0 amide bonds. The fourth-order valence-electron chi connectivity index (χ4n) is 2.18. The summed E-state index contributed by atoms with van der Waals surface area (Å²) in [4.78, 5) is 34.4. The van der Waals surface area contributed by atoms with E-state index in [2.05, 4.69) is 0 Å². The zero-order valence-electron chi connectivity index (χ0n) is 13.4. The lowest BCUT2D eigenvalue weighted by Crippen LogP contribution is -1.99. The van der Waals surface area contributed by atoms with Crippen LogP contribution in [0, 0.1) is 0 Å². The molecule has 3 nitrogen and oxygen atoms in total. The molecular weight excluding hydrogens is 288 g/mol. The monoisotopic (exact) mass is 306 g/mol. The van der Waals surface area contributed by atoms with Crippen LogP contribution in [0.25, 0.3) is 12.2 Å². The van der Waals surface area contributed by atoms with Crippen molar-refractivity contribution in [1.29, 1.82) is 0 Å². The SMILES string of the molecule is CC(=O)c1ccc(/C=C/c2cc(C(C)=O)cc(C(C)=O)c2)cc1. The Morgan fingerprint density at radius 1 is 0.609 bits per heavy atom. The molecule has 0 saturated heterocycles. The molecule has 2 aromatic carbocycles. The predicted molar refractivity (Wildman–Crippen MR) is 91.8 cm³/mol. The number of benzene rings is 2. The Morgan fingerprint density at radius 3 is 1.48 bits per heavy atom. The maximum atomic E-state index is 11.6. The molecule has 2 rings (SSSR count). The molecule has 0 aliphatic rings. The van der Waals surface area contributed by atoms with Gasteiger partial charge in [0.05, 0.1) is 0 Å². The molecular formula is C20H18O3. The fraction of sp³-hybridized carbons (Fsp3) is 0.150. The molecule has 0 fully saturated rings. The number of hydrogen-bond acceptors (Lipinski definition) is 3. The van der Waals surface area contributed by atoms with Gasteiger partial charge in [-0.15, -0.1) is 0 Å². The van der Waals surface area contributed by atoms with Gasteiger partial charge in [0, 0.05) is 16.7 Å². The van der Waals surface area contributed by atoms with Crippen LogP contribution in [-0.2, 0) is 0 Å². The van der Waals surface area contributed by atoms with Crippen LogP contribution < -0.4 is 0 Å². The maximum Gasteiger partial charge on any atom is 0.159 e. The van der Waals surface area contributed by atoms with Crippen molar-refractivity contribution in [3.8, 4) is 0 Å². The molecule has 0 heterocycles. The van der Waals surface area contributed by atoms with Crippen molar-refractivity contribution in [2.24, 2.45) is 0 Å². The Kier molecular flexibility index (Phi) is 5.02. The number of carbonyl (C=O) groups excluding carboxylic acids is 3. The molecule has 0 N–H and O–H groups in total. The van der Waals surface area contributed by atoms with Crippen molar-refractivity contribution >= 4 is 29.5 Å². The van der Waals surface area contributed by atoms with Gasteiger partial charge < -0.3 is 0 Å². The second-order valence-electron chi connectivity index (χ2n) is 5.47. The van der Waals surface area contributed by atoms with Crippen molar-refractivity contribution in [2.45, 2.75) is 20.8 Å². The topological polar surface area (TPSA) is 51.2 Å². The van der Waals surface area contributed by atoms with E-state index in [0.29, 0.717) is 16.7 Å². The van der Waals surface area contributed by atoms with Crippen LogP contribution in [0.5, 0.6) is 0 Å². The Balaban J connectivity index is 2.32. The van der Waals surface area contributed by atoms with Gasteiger partial charge in [0.2, 0.25) is 0 Å². The van der Waals surface area contributed by atoms with Crippen LogP contribution >= 0.6 is 0 Å². The normalized spacial score (nSPS) is 10.7. The first-order chi connectivity index (χ1) is 10.9. The highest BCUT2D eigenvalue weighted by Gasteiger charge is 2.06. The van der Waals surface area contributed by atoms with Crippen LogP contribution in [0.15, 0.2) is 42.5 Å². The molecule has 23 heavy (non-hydrogen) atoms. The highest BCUT2D eigenvalue weighted by Crippen LogP contribution is 2.15. The van der Waals surface area contributed by atoms with Crippen LogP contribution in [-0.4, -0.2) is 17.3 Å². The first-order valence-corrected chi connectivity index (χ1v) is 7.33. The Hall–Kier alpha value is -2.81. The average Bonchev–Trinajstić information content (AvgIpc) is 2.52. The summed E-state index contributed by atoms with van der Waals surface area (Å²) in [6.45, 7) is 4.49. The summed E-state index contributed by atoms with van der Waals surface area (Å²) in [5.41, 5.74) is 3.43. The summed E-state index contributed by atoms with van der Waals surface area (Å²) in [5.74, 6) is -0.122. The van der Waals surface area contributed by atoms with Crippen molar-refractivity contribution in [3.05, 3.63) is 70.3 Å². The zero-order valence-corrected chi connectivity index (χ0v) is 13.4. The molecule has 0 radical (unpaired) electrons. The van der Waals surface area contributed by atoms with E-state index in [1.807, 2.05) is 24.3 Å². The molecule has 0 aliphatic heterocycles. The van der Waals surface area contributed by atoms with Gasteiger partial charge in [-0.25, -0.2) is 0 Å². The van der Waals surface area contributed by atoms with E-state index < -0.39 is 0 Å². The molecule has 3 heteroatoms. The molecule has 2 aromatic rings. The molecule has 116 valence electrons. The third-order valence-corrected chi connectivity index (χ3v) is 3.55. The average molecular weight is 306 g/mol. The second-order valence-corrected chi connectivity index (χ2v) is 5.47. The first-order valence-electron chi connectivity index (χ1n) is 7.33. The molecule has 0 aromatic heterocycles. The van der Waals surface area contributed by atoms with Crippen molar-refractivity contribution in [2.75, 3.05) is 0 Å². The van der Waals surface area contributed by atoms with Crippen LogP contribution in [0.3, 0.4) is 0 Å². The van der Waals surface area contributed by atoms with E-state index >= 15 is 0 Å². The van der Waals surface area contributed by atoms with Gasteiger partial charge in [-0.05, 0) is 50.1 Å². The highest BCUT2D eigenvalue weighted by atomic mass is 16.1. The minimum Gasteiger partial charge on any atom is -0.295 e. The van der Waals surface area contributed by atoms with Crippen molar-refractivity contribution in [3.63, 3.8) is 0 Å². The number of carbonyl (C=O) groups is 3. The molecule has 0 bridgehead atoms. The third-order valence-electron chi connectivity index (χ3n) is 3.55. The molecule has 0 atom stereocenters. The summed E-state index contributed by atoms with van der Waals surface area (Å²) in [6.07, 6.45) is 3.73.